The third-order valence-corrected chi connectivity index (χ3v) is 6.21. The average molecular weight is 306 g/mol. The van der Waals surface area contributed by atoms with Crippen molar-refractivity contribution in [3.63, 3.8) is 0 Å². The maximum atomic E-state index is 13.7. The normalized spacial score (nSPS) is 24.3. The van der Waals surface area contributed by atoms with E-state index in [0.29, 0.717) is 19.5 Å². The van der Waals surface area contributed by atoms with Gasteiger partial charge in [-0.25, -0.2) is 12.8 Å². The molecule has 0 aliphatic carbocycles. The monoisotopic (exact) mass is 305 g/mol. The van der Waals surface area contributed by atoms with Crippen molar-refractivity contribution < 1.29 is 12.8 Å². The number of alkyl halides is 1. The van der Waals surface area contributed by atoms with Gasteiger partial charge in [0.15, 0.2) is 0 Å². The second-order valence-electron chi connectivity index (χ2n) is 5.51. The number of halogens is 2. The van der Waals surface area contributed by atoms with Crippen LogP contribution in [0, 0.1) is 11.2 Å². The lowest BCUT2D eigenvalue weighted by Gasteiger charge is -2.40. The molecular weight excluding hydrogens is 289 g/mol. The van der Waals surface area contributed by atoms with Crippen LogP contribution in [-0.2, 0) is 10.0 Å². The van der Waals surface area contributed by atoms with Crippen LogP contribution in [0.5, 0.6) is 0 Å². The van der Waals surface area contributed by atoms with Gasteiger partial charge in [-0.3, -0.25) is 0 Å². The van der Waals surface area contributed by atoms with Crippen molar-refractivity contribution in [1.82, 2.24) is 4.31 Å². The van der Waals surface area contributed by atoms with E-state index >= 15 is 0 Å². The Morgan fingerprint density at radius 3 is 2.58 bits per heavy atom. The van der Waals surface area contributed by atoms with Gasteiger partial charge in [-0.05, 0) is 24.0 Å². The Kier molecular flexibility index (Phi) is 3.91. The minimum atomic E-state index is -3.79. The molecule has 0 spiro atoms. The highest BCUT2D eigenvalue weighted by molar-refractivity contribution is 7.89. The second kappa shape index (κ2) is 5.04. The summed E-state index contributed by atoms with van der Waals surface area (Å²) in [5.74, 6) is -0.715. The van der Waals surface area contributed by atoms with E-state index in [1.54, 1.807) is 0 Å². The van der Waals surface area contributed by atoms with Crippen molar-refractivity contribution in [2.45, 2.75) is 30.5 Å². The predicted molar refractivity (Wildman–Crippen MR) is 73.2 cm³/mol. The number of sulfonamides is 1. The highest BCUT2D eigenvalue weighted by atomic mass is 35.5. The zero-order valence-corrected chi connectivity index (χ0v) is 12.5. The van der Waals surface area contributed by atoms with Crippen LogP contribution in [-0.4, -0.2) is 31.2 Å². The topological polar surface area (TPSA) is 37.4 Å². The average Bonchev–Trinajstić information content (AvgIpc) is 2.32. The first-order valence-electron chi connectivity index (χ1n) is 6.14. The molecule has 1 unspecified atom stereocenters. The molecule has 1 fully saturated rings. The smallest absolute Gasteiger partial charge is 0.207 e. The third-order valence-electron chi connectivity index (χ3n) is 3.52. The van der Waals surface area contributed by atoms with Crippen molar-refractivity contribution in [1.29, 1.82) is 0 Å². The van der Waals surface area contributed by atoms with Crippen molar-refractivity contribution in [3.05, 3.63) is 30.1 Å². The number of hydrogen-bond donors (Lipinski definition) is 0. The molecule has 106 valence electrons. The Hall–Kier alpha value is -0.650. The fourth-order valence-electron chi connectivity index (χ4n) is 2.28. The second-order valence-corrected chi connectivity index (χ2v) is 7.95. The maximum absolute atomic E-state index is 13.7. The summed E-state index contributed by atoms with van der Waals surface area (Å²) in [4.78, 5) is -0.265. The highest BCUT2D eigenvalue weighted by Crippen LogP contribution is 2.35. The molecule has 0 amide bonds. The molecule has 0 aromatic heterocycles. The molecule has 0 N–H and O–H groups in total. The van der Waals surface area contributed by atoms with E-state index in [9.17, 15) is 12.8 Å². The van der Waals surface area contributed by atoms with Gasteiger partial charge in [0.2, 0.25) is 10.0 Å². The van der Waals surface area contributed by atoms with Crippen molar-refractivity contribution in [2.24, 2.45) is 5.41 Å². The standard InChI is InChI=1S/C13H17ClFNO2S/c1-13(2)9-16(8-7-12(13)14)19(17,18)11-6-4-3-5-10(11)15/h3-6,12H,7-9H2,1-2H3. The van der Waals surface area contributed by atoms with E-state index in [1.165, 1.54) is 22.5 Å². The van der Waals surface area contributed by atoms with Crippen LogP contribution >= 0.6 is 11.6 Å². The van der Waals surface area contributed by atoms with Gasteiger partial charge in [0.05, 0.1) is 0 Å². The molecular formula is C13H17ClFNO2S. The van der Waals surface area contributed by atoms with E-state index in [2.05, 4.69) is 0 Å². The quantitative estimate of drug-likeness (QED) is 0.788. The first-order valence-corrected chi connectivity index (χ1v) is 8.01. The minimum Gasteiger partial charge on any atom is -0.207 e. The van der Waals surface area contributed by atoms with Gasteiger partial charge in [-0.2, -0.15) is 4.31 Å². The van der Waals surface area contributed by atoms with Crippen molar-refractivity contribution in [3.8, 4) is 0 Å². The molecule has 1 aromatic rings. The zero-order valence-electron chi connectivity index (χ0n) is 10.9. The molecule has 1 atom stereocenters. The van der Waals surface area contributed by atoms with Gasteiger partial charge < -0.3 is 0 Å². The number of nitrogens with zero attached hydrogens (tertiary/aromatic N) is 1. The summed E-state index contributed by atoms with van der Waals surface area (Å²) >= 11 is 6.21. The van der Waals surface area contributed by atoms with E-state index in [0.717, 1.165) is 6.07 Å². The molecule has 0 radical (unpaired) electrons. The lowest BCUT2D eigenvalue weighted by molar-refractivity contribution is 0.192. The van der Waals surface area contributed by atoms with Crippen LogP contribution in [0.4, 0.5) is 4.39 Å². The molecule has 2 rings (SSSR count). The number of hydrogen-bond acceptors (Lipinski definition) is 2. The molecule has 1 aliphatic heterocycles. The molecule has 1 saturated heterocycles. The van der Waals surface area contributed by atoms with Gasteiger partial charge in [0.25, 0.3) is 0 Å². The van der Waals surface area contributed by atoms with E-state index in [1.807, 2.05) is 13.8 Å². The highest BCUT2D eigenvalue weighted by Gasteiger charge is 2.40. The summed E-state index contributed by atoms with van der Waals surface area (Å²) in [6.45, 7) is 4.48. The van der Waals surface area contributed by atoms with Crippen molar-refractivity contribution >= 4 is 21.6 Å². The first kappa shape index (κ1) is 14.8. The summed E-state index contributed by atoms with van der Waals surface area (Å²) in [6.07, 6.45) is 0.572. The van der Waals surface area contributed by atoms with Crippen LogP contribution in [0.25, 0.3) is 0 Å². The Balaban J connectivity index is 2.34. The summed E-state index contributed by atoms with van der Waals surface area (Å²) in [7, 11) is -3.79. The van der Waals surface area contributed by atoms with Crippen molar-refractivity contribution in [2.75, 3.05) is 13.1 Å². The summed E-state index contributed by atoms with van der Waals surface area (Å²) < 4.78 is 39.9. The predicted octanol–water partition coefficient (Wildman–Crippen LogP) is 2.85. The molecule has 6 heteroatoms. The summed E-state index contributed by atoms with van der Waals surface area (Å²) in [5, 5.41) is -0.0698. The largest absolute Gasteiger partial charge is 0.246 e. The fourth-order valence-corrected chi connectivity index (χ4v) is 4.14. The zero-order chi connectivity index (χ0) is 14.3. The van der Waals surface area contributed by atoms with Gasteiger partial charge in [-0.15, -0.1) is 11.6 Å². The molecule has 3 nitrogen and oxygen atoms in total. The molecule has 0 saturated carbocycles. The molecule has 0 bridgehead atoms. The Morgan fingerprint density at radius 1 is 1.37 bits per heavy atom. The lowest BCUT2D eigenvalue weighted by Crippen LogP contribution is -2.48. The molecule has 1 aliphatic rings. The summed E-state index contributed by atoms with van der Waals surface area (Å²) in [6, 6.07) is 5.45. The van der Waals surface area contributed by atoms with Gasteiger partial charge in [0, 0.05) is 18.5 Å². The van der Waals surface area contributed by atoms with Crippen LogP contribution < -0.4 is 0 Å². The van der Waals surface area contributed by atoms with Crippen LogP contribution in [0.1, 0.15) is 20.3 Å². The van der Waals surface area contributed by atoms with E-state index in [4.69, 9.17) is 11.6 Å². The third kappa shape index (κ3) is 2.78. The molecule has 1 aromatic carbocycles. The first-order chi connectivity index (χ1) is 8.75. The SMILES string of the molecule is CC1(C)CN(S(=O)(=O)c2ccccc2F)CCC1Cl. The molecule has 1 heterocycles. The maximum Gasteiger partial charge on any atom is 0.246 e. The number of benzene rings is 1. The Morgan fingerprint density at radius 2 is 2.00 bits per heavy atom. The minimum absolute atomic E-state index is 0.0698. The van der Waals surface area contributed by atoms with Crippen LogP contribution in [0.2, 0.25) is 0 Å². The Labute approximate surface area is 118 Å². The van der Waals surface area contributed by atoms with E-state index in [-0.39, 0.29) is 15.7 Å². The van der Waals surface area contributed by atoms with Crippen LogP contribution in [0.3, 0.4) is 0 Å². The van der Waals surface area contributed by atoms with Crippen LogP contribution in [0.15, 0.2) is 29.2 Å². The number of rotatable bonds is 2. The Bertz CT molecular complexity index is 574. The van der Waals surface area contributed by atoms with Gasteiger partial charge in [0.1, 0.15) is 10.7 Å². The number of piperidine rings is 1. The fraction of sp³-hybridized carbons (Fsp3) is 0.538. The van der Waals surface area contributed by atoms with Gasteiger partial charge >= 0.3 is 0 Å². The molecule has 19 heavy (non-hydrogen) atoms. The lowest BCUT2D eigenvalue weighted by atomic mass is 9.85. The summed E-state index contributed by atoms with van der Waals surface area (Å²) in [5.41, 5.74) is -0.321. The van der Waals surface area contributed by atoms with Gasteiger partial charge in [-0.1, -0.05) is 26.0 Å². The van der Waals surface area contributed by atoms with E-state index < -0.39 is 15.8 Å².